The van der Waals surface area contributed by atoms with Gasteiger partial charge in [0.15, 0.2) is 0 Å². The Hall–Kier alpha value is -0.120. The molecule has 0 atom stereocenters. The van der Waals surface area contributed by atoms with E-state index in [2.05, 4.69) is 16.0 Å². The molecule has 0 aromatic rings. The molecule has 1 saturated heterocycles. The van der Waals surface area contributed by atoms with Gasteiger partial charge < -0.3 is 0 Å². The molecule has 0 bridgehead atoms. The van der Waals surface area contributed by atoms with Crippen LogP contribution >= 0.6 is 0 Å². The van der Waals surface area contributed by atoms with Crippen LogP contribution in [0.5, 0.6) is 0 Å². The number of hydrogen-bond donors (Lipinski definition) is 2. The van der Waals surface area contributed by atoms with E-state index in [0.29, 0.717) is 0 Å². The summed E-state index contributed by atoms with van der Waals surface area (Å²) in [7, 11) is 0. The Kier molecular flexibility index (Phi) is 1.43. The minimum Gasteiger partial charge on any atom is -0.291 e. The Morgan fingerprint density at radius 2 is 1.83 bits per heavy atom. The third-order valence-corrected chi connectivity index (χ3v) is 0.697. The molecule has 3 heteroatoms. The standard InChI is InChI=1S/C3H8N3/c1-4-2-6-3-5-1/h4-5H,1-3H2. The predicted octanol–water partition coefficient (Wildman–Crippen LogP) is -1.34. The SMILES string of the molecule is C1[N]CNCN1. The molecule has 0 saturated carbocycles. The fourth-order valence-electron chi connectivity index (χ4n) is 0.414. The maximum Gasteiger partial charge on any atom is 0.0648 e. The van der Waals surface area contributed by atoms with Gasteiger partial charge in [-0.25, -0.2) is 5.32 Å². The van der Waals surface area contributed by atoms with E-state index in [4.69, 9.17) is 0 Å². The minimum atomic E-state index is 0.812. The van der Waals surface area contributed by atoms with E-state index in [1.807, 2.05) is 0 Å². The maximum atomic E-state index is 3.95. The third-order valence-electron chi connectivity index (χ3n) is 0.697. The normalized spacial score (nSPS) is 24.0. The van der Waals surface area contributed by atoms with Gasteiger partial charge in [0.1, 0.15) is 0 Å². The lowest BCUT2D eigenvalue weighted by Gasteiger charge is -2.11. The van der Waals surface area contributed by atoms with Gasteiger partial charge >= 0.3 is 0 Å². The highest BCUT2D eigenvalue weighted by molar-refractivity contribution is 4.48. The fraction of sp³-hybridized carbons (Fsp3) is 1.00. The van der Waals surface area contributed by atoms with Crippen LogP contribution in [0.15, 0.2) is 0 Å². The monoisotopic (exact) mass is 86.1 g/mol. The first-order chi connectivity index (χ1) is 3.00. The average molecular weight is 86.1 g/mol. The van der Waals surface area contributed by atoms with Crippen molar-refractivity contribution in [2.24, 2.45) is 0 Å². The van der Waals surface area contributed by atoms with Crippen LogP contribution in [0.1, 0.15) is 0 Å². The molecule has 0 aliphatic carbocycles. The largest absolute Gasteiger partial charge is 0.291 e. The summed E-state index contributed by atoms with van der Waals surface area (Å²) in [6.45, 7) is 2.53. The van der Waals surface area contributed by atoms with E-state index < -0.39 is 0 Å². The highest BCUT2D eigenvalue weighted by Gasteiger charge is 1.91. The zero-order valence-electron chi connectivity index (χ0n) is 3.57. The molecule has 1 rings (SSSR count). The lowest BCUT2D eigenvalue weighted by Crippen LogP contribution is -2.43. The van der Waals surface area contributed by atoms with Gasteiger partial charge in [0.2, 0.25) is 0 Å². The van der Waals surface area contributed by atoms with E-state index in [0.717, 1.165) is 20.0 Å². The predicted molar refractivity (Wildman–Crippen MR) is 23.0 cm³/mol. The Morgan fingerprint density at radius 1 is 1.17 bits per heavy atom. The van der Waals surface area contributed by atoms with Crippen molar-refractivity contribution in [3.05, 3.63) is 0 Å². The summed E-state index contributed by atoms with van der Waals surface area (Å²) >= 11 is 0. The highest BCUT2D eigenvalue weighted by atomic mass is 15.2. The quantitative estimate of drug-likeness (QED) is 0.383. The van der Waals surface area contributed by atoms with Gasteiger partial charge in [-0.3, -0.25) is 10.6 Å². The number of hydrogen-bond acceptors (Lipinski definition) is 2. The zero-order valence-corrected chi connectivity index (χ0v) is 3.57. The lowest BCUT2D eigenvalue weighted by atomic mass is 10.8. The lowest BCUT2D eigenvalue weighted by molar-refractivity contribution is 0.436. The summed E-state index contributed by atoms with van der Waals surface area (Å²) < 4.78 is 0. The number of nitrogens with zero attached hydrogens (tertiary/aromatic N) is 1. The molecular formula is C3H8N3. The van der Waals surface area contributed by atoms with E-state index >= 15 is 0 Å². The van der Waals surface area contributed by atoms with Crippen molar-refractivity contribution in [1.29, 1.82) is 0 Å². The average Bonchev–Trinajstić information content (AvgIpc) is 1.72. The molecule has 1 radical (unpaired) electrons. The van der Waals surface area contributed by atoms with Crippen LogP contribution in [0, 0.1) is 0 Å². The molecule has 1 aliphatic heterocycles. The van der Waals surface area contributed by atoms with Crippen molar-refractivity contribution in [2.45, 2.75) is 0 Å². The number of nitrogens with one attached hydrogen (secondary N) is 2. The van der Waals surface area contributed by atoms with Gasteiger partial charge in [-0.05, 0) is 0 Å². The second kappa shape index (κ2) is 2.12. The molecule has 0 spiro atoms. The first-order valence-corrected chi connectivity index (χ1v) is 2.05. The summed E-state index contributed by atoms with van der Waals surface area (Å²) in [4.78, 5) is 0. The van der Waals surface area contributed by atoms with Crippen LogP contribution in [-0.2, 0) is 0 Å². The topological polar surface area (TPSA) is 38.2 Å². The smallest absolute Gasteiger partial charge is 0.0648 e. The summed E-state index contributed by atoms with van der Waals surface area (Å²) in [5.74, 6) is 0. The number of rotatable bonds is 0. The van der Waals surface area contributed by atoms with Crippen molar-refractivity contribution in [3.8, 4) is 0 Å². The summed E-state index contributed by atoms with van der Waals surface area (Å²) in [5, 5.41) is 9.97. The zero-order chi connectivity index (χ0) is 4.24. The first kappa shape index (κ1) is 4.05. The molecule has 6 heavy (non-hydrogen) atoms. The summed E-state index contributed by atoms with van der Waals surface area (Å²) in [6.07, 6.45) is 0. The fourth-order valence-corrected chi connectivity index (χ4v) is 0.414. The minimum absolute atomic E-state index is 0.812. The van der Waals surface area contributed by atoms with Gasteiger partial charge in [-0.15, -0.1) is 0 Å². The van der Waals surface area contributed by atoms with Crippen molar-refractivity contribution >= 4 is 0 Å². The third kappa shape index (κ3) is 0.931. The van der Waals surface area contributed by atoms with Crippen LogP contribution in [0.25, 0.3) is 0 Å². The van der Waals surface area contributed by atoms with Gasteiger partial charge in [0.05, 0.1) is 13.3 Å². The van der Waals surface area contributed by atoms with Crippen molar-refractivity contribution < 1.29 is 0 Å². The molecule has 2 N–H and O–H groups in total. The highest BCUT2D eigenvalue weighted by Crippen LogP contribution is 1.60. The van der Waals surface area contributed by atoms with Gasteiger partial charge in [-0.1, -0.05) is 0 Å². The molecule has 0 amide bonds. The first-order valence-electron chi connectivity index (χ1n) is 2.05. The van der Waals surface area contributed by atoms with Gasteiger partial charge in [0, 0.05) is 6.67 Å². The summed E-state index contributed by atoms with van der Waals surface area (Å²) in [5.41, 5.74) is 0. The van der Waals surface area contributed by atoms with E-state index in [9.17, 15) is 0 Å². The van der Waals surface area contributed by atoms with Crippen molar-refractivity contribution in [1.82, 2.24) is 16.0 Å². The Morgan fingerprint density at radius 3 is 2.00 bits per heavy atom. The van der Waals surface area contributed by atoms with Crippen LogP contribution < -0.4 is 16.0 Å². The van der Waals surface area contributed by atoms with E-state index in [1.165, 1.54) is 0 Å². The molecule has 3 nitrogen and oxygen atoms in total. The molecule has 0 unspecified atom stereocenters. The van der Waals surface area contributed by atoms with E-state index in [-0.39, 0.29) is 0 Å². The van der Waals surface area contributed by atoms with Crippen LogP contribution in [-0.4, -0.2) is 20.0 Å². The van der Waals surface area contributed by atoms with Crippen LogP contribution in [0.2, 0.25) is 0 Å². The van der Waals surface area contributed by atoms with Gasteiger partial charge in [0.25, 0.3) is 0 Å². The molecule has 1 heterocycles. The van der Waals surface area contributed by atoms with Crippen molar-refractivity contribution in [3.63, 3.8) is 0 Å². The summed E-state index contributed by atoms with van der Waals surface area (Å²) in [6, 6.07) is 0. The molecule has 1 fully saturated rings. The maximum absolute atomic E-state index is 3.95. The molecule has 0 aromatic heterocycles. The Bertz CT molecular complexity index is 21.5. The molecule has 35 valence electrons. The Balaban J connectivity index is 2.00. The van der Waals surface area contributed by atoms with Crippen LogP contribution in [0.3, 0.4) is 0 Å². The van der Waals surface area contributed by atoms with Crippen molar-refractivity contribution in [2.75, 3.05) is 20.0 Å². The molecule has 1 aliphatic rings. The van der Waals surface area contributed by atoms with Gasteiger partial charge in [-0.2, -0.15) is 0 Å². The second-order valence-corrected chi connectivity index (χ2v) is 1.22. The van der Waals surface area contributed by atoms with E-state index in [1.54, 1.807) is 0 Å². The van der Waals surface area contributed by atoms with Crippen LogP contribution in [0.4, 0.5) is 0 Å². The molecule has 0 aromatic carbocycles. The Labute approximate surface area is 37.1 Å². The second-order valence-electron chi connectivity index (χ2n) is 1.22. The molecular weight excluding hydrogens is 78.1 g/mol.